The van der Waals surface area contributed by atoms with Gasteiger partial charge in [0.2, 0.25) is 5.91 Å². The van der Waals surface area contributed by atoms with Gasteiger partial charge in [0, 0.05) is 76.4 Å². The van der Waals surface area contributed by atoms with E-state index in [4.69, 9.17) is 28.2 Å². The quantitative estimate of drug-likeness (QED) is 0.172. The molecule has 8 aliphatic rings. The molecule has 2 aromatic carbocycles. The number of carbonyl (C=O) groups is 1. The molecular formula is C41H39Cl2FN8O. The number of rotatable bonds is 8. The van der Waals surface area contributed by atoms with Crippen LogP contribution in [0.15, 0.2) is 36.5 Å². The van der Waals surface area contributed by atoms with Crippen LogP contribution < -0.4 is 5.32 Å². The predicted octanol–water partition coefficient (Wildman–Crippen LogP) is 8.17. The molecule has 1 N–H and O–H groups in total. The highest BCUT2D eigenvalue weighted by Gasteiger charge is 2.59. The zero-order valence-electron chi connectivity index (χ0n) is 29.5. The van der Waals surface area contributed by atoms with Crippen molar-refractivity contribution in [1.82, 2.24) is 34.8 Å². The van der Waals surface area contributed by atoms with Gasteiger partial charge >= 0.3 is 0 Å². The van der Waals surface area contributed by atoms with E-state index in [1.807, 2.05) is 17.7 Å². The molecule has 3 aromatic heterocycles. The first-order chi connectivity index (χ1) is 25.7. The zero-order valence-corrected chi connectivity index (χ0v) is 31.0. The normalized spacial score (nSPS) is 29.7. The topological polar surface area (TPSA) is 105 Å². The summed E-state index contributed by atoms with van der Waals surface area (Å²) in [5, 5.41) is 25.0. The Hall–Kier alpha value is -4.04. The number of aryl methyl sites for hydroxylation is 2. The van der Waals surface area contributed by atoms with Crippen molar-refractivity contribution in [3.63, 3.8) is 0 Å². The van der Waals surface area contributed by atoms with Crippen molar-refractivity contribution in [3.05, 3.63) is 75.0 Å². The standard InChI is InChI=1S/C41H39Cl2FN8O/c1-20-27-13-32(31-12-25(18-50(31)40(53)22-7-8-22)51-19-33(48-49-51)41-14-21(15-41)16-41)52(38-24-11-30(38)46-17-24)39(27)28-10-23(4-3-9-45)34(36(44)37(28)47-20)26-5-2-6-29(42)35(26)43/h2,5-6,10,13,19,21-22,24-25,30-31,38,46H,3-4,7-8,11-12,14-18H2,1H3/t21?,24-,25+,30-,31-,38+,41?/m1/s1. The van der Waals surface area contributed by atoms with E-state index in [0.29, 0.717) is 52.0 Å². The molecule has 12 heteroatoms. The maximum Gasteiger partial charge on any atom is 0.226 e. The highest BCUT2D eigenvalue weighted by Crippen LogP contribution is 2.64. The summed E-state index contributed by atoms with van der Waals surface area (Å²) in [4.78, 5) is 21.2. The van der Waals surface area contributed by atoms with E-state index in [1.54, 1.807) is 18.2 Å². The third-order valence-corrected chi connectivity index (χ3v) is 14.5. The van der Waals surface area contributed by atoms with Crippen LogP contribution in [-0.2, 0) is 16.6 Å². The molecule has 5 aliphatic carbocycles. The molecule has 9 nitrogen and oxygen atoms in total. The van der Waals surface area contributed by atoms with Gasteiger partial charge in [-0.1, -0.05) is 40.5 Å². The number of amides is 1. The van der Waals surface area contributed by atoms with Crippen molar-refractivity contribution in [2.24, 2.45) is 17.8 Å². The Labute approximate surface area is 316 Å². The van der Waals surface area contributed by atoms with Crippen LogP contribution in [0.4, 0.5) is 4.39 Å². The Balaban J connectivity index is 1.11. The van der Waals surface area contributed by atoms with Crippen molar-refractivity contribution in [3.8, 4) is 17.2 Å². The fraction of sp³-hybridized carbons (Fsp3) is 0.488. The van der Waals surface area contributed by atoms with Crippen LogP contribution in [0.1, 0.15) is 92.1 Å². The smallest absolute Gasteiger partial charge is 0.226 e. The van der Waals surface area contributed by atoms with Crippen LogP contribution in [0, 0.1) is 41.8 Å². The lowest BCUT2D eigenvalue weighted by atomic mass is 9.43. The summed E-state index contributed by atoms with van der Waals surface area (Å²) in [7, 11) is 0. The number of fused-ring (bicyclic) bond motifs is 4. The fourth-order valence-corrected chi connectivity index (χ4v) is 11.1. The Morgan fingerprint density at radius 1 is 1.15 bits per heavy atom. The van der Waals surface area contributed by atoms with Crippen LogP contribution in [-0.4, -0.2) is 54.5 Å². The van der Waals surface area contributed by atoms with Gasteiger partial charge in [-0.2, -0.15) is 5.26 Å². The van der Waals surface area contributed by atoms with Gasteiger partial charge in [0.15, 0.2) is 5.82 Å². The van der Waals surface area contributed by atoms with Gasteiger partial charge in [-0.15, -0.1) is 5.10 Å². The Kier molecular flexibility index (Phi) is 7.02. The summed E-state index contributed by atoms with van der Waals surface area (Å²) < 4.78 is 21.7. The second-order valence-corrected chi connectivity index (χ2v) is 17.6. The van der Waals surface area contributed by atoms with Crippen molar-refractivity contribution >= 4 is 50.9 Å². The second kappa shape index (κ2) is 11.5. The molecule has 5 aromatic rings. The number of aromatic nitrogens is 5. The molecule has 5 atom stereocenters. The zero-order chi connectivity index (χ0) is 35.9. The Morgan fingerprint density at radius 2 is 1.98 bits per heavy atom. The molecule has 6 heterocycles. The summed E-state index contributed by atoms with van der Waals surface area (Å²) in [5.74, 6) is 1.11. The third kappa shape index (κ3) is 4.63. The SMILES string of the molecule is Cc1nc2c(F)c(-c3cccc(Cl)c3Cl)c(CCC#N)cc2c2c1cc([C@H]1C[C@H](n3cc(C45CC(C4)C5)nn3)CN1C(=O)C1CC1)n2[C@H]1[C@H]2CN[C@@H]1C2. The molecule has 0 radical (unpaired) electrons. The van der Waals surface area contributed by atoms with Gasteiger partial charge in [-0.05, 0) is 93.9 Å². The van der Waals surface area contributed by atoms with Crippen LogP contribution in [0.3, 0.4) is 0 Å². The molecule has 270 valence electrons. The molecule has 8 fully saturated rings. The van der Waals surface area contributed by atoms with E-state index in [0.717, 1.165) is 66.1 Å². The van der Waals surface area contributed by atoms with Crippen LogP contribution in [0.25, 0.3) is 32.9 Å². The van der Waals surface area contributed by atoms with Crippen molar-refractivity contribution in [2.45, 2.75) is 94.3 Å². The van der Waals surface area contributed by atoms with E-state index >= 15 is 4.39 Å². The van der Waals surface area contributed by atoms with Crippen LogP contribution >= 0.6 is 23.2 Å². The summed E-state index contributed by atoms with van der Waals surface area (Å²) in [6.07, 6.45) is 10.1. The molecule has 0 unspecified atom stereocenters. The van der Waals surface area contributed by atoms with E-state index in [-0.39, 0.29) is 52.3 Å². The van der Waals surface area contributed by atoms with Crippen molar-refractivity contribution in [2.75, 3.05) is 13.1 Å². The van der Waals surface area contributed by atoms with E-state index in [2.05, 4.69) is 43.4 Å². The average Bonchev–Trinajstić information content (AvgIpc) is 3.59. The third-order valence-electron chi connectivity index (χ3n) is 13.7. The van der Waals surface area contributed by atoms with E-state index in [1.165, 1.54) is 19.3 Å². The van der Waals surface area contributed by atoms with Gasteiger partial charge in [-0.25, -0.2) is 14.1 Å². The molecule has 53 heavy (non-hydrogen) atoms. The predicted molar refractivity (Wildman–Crippen MR) is 200 cm³/mol. The molecule has 1 amide bonds. The number of nitrogens with zero attached hydrogens (tertiary/aromatic N) is 7. The molecule has 13 rings (SSSR count). The van der Waals surface area contributed by atoms with Crippen molar-refractivity contribution < 1.29 is 9.18 Å². The molecule has 4 bridgehead atoms. The second-order valence-electron chi connectivity index (χ2n) is 16.8. The van der Waals surface area contributed by atoms with Gasteiger partial charge in [0.1, 0.15) is 5.52 Å². The number of likely N-dealkylation sites (tertiary alicyclic amines) is 1. The minimum Gasteiger partial charge on any atom is -0.337 e. The number of hydrogen-bond donors (Lipinski definition) is 1. The van der Waals surface area contributed by atoms with Gasteiger partial charge in [-0.3, -0.25) is 4.79 Å². The number of nitriles is 1. The maximum atomic E-state index is 17.2. The number of hydrogen-bond acceptors (Lipinski definition) is 6. The summed E-state index contributed by atoms with van der Waals surface area (Å²) in [5.41, 5.74) is 5.86. The van der Waals surface area contributed by atoms with Gasteiger partial charge in [0.05, 0.1) is 45.5 Å². The number of nitrogens with one attached hydrogen (secondary N) is 1. The number of benzene rings is 2. The number of pyridine rings is 1. The lowest BCUT2D eigenvalue weighted by Gasteiger charge is -2.60. The Morgan fingerprint density at radius 3 is 2.68 bits per heavy atom. The minimum absolute atomic E-state index is 0.00926. The van der Waals surface area contributed by atoms with Gasteiger partial charge < -0.3 is 14.8 Å². The van der Waals surface area contributed by atoms with E-state index in [9.17, 15) is 10.1 Å². The first-order valence-electron chi connectivity index (χ1n) is 19.2. The summed E-state index contributed by atoms with van der Waals surface area (Å²) >= 11 is 13.2. The summed E-state index contributed by atoms with van der Waals surface area (Å²) in [6.45, 7) is 3.47. The monoisotopic (exact) mass is 748 g/mol. The summed E-state index contributed by atoms with van der Waals surface area (Å²) in [6, 6.07) is 12.0. The lowest BCUT2D eigenvalue weighted by molar-refractivity contribution is -0.133. The molecule has 3 saturated heterocycles. The lowest BCUT2D eigenvalue weighted by Crippen LogP contribution is -2.55. The van der Waals surface area contributed by atoms with Crippen LogP contribution in [0.5, 0.6) is 0 Å². The average molecular weight is 750 g/mol. The Bertz CT molecular complexity index is 2410. The maximum absolute atomic E-state index is 17.2. The largest absolute Gasteiger partial charge is 0.337 e. The van der Waals surface area contributed by atoms with E-state index < -0.39 is 5.82 Å². The fourth-order valence-electron chi connectivity index (χ4n) is 10.7. The highest BCUT2D eigenvalue weighted by atomic mass is 35.5. The number of halogens is 3. The molecule has 5 saturated carbocycles. The number of carbonyl (C=O) groups excluding carboxylic acids is 1. The first kappa shape index (κ1) is 32.4. The van der Waals surface area contributed by atoms with Crippen molar-refractivity contribution in [1.29, 1.82) is 5.26 Å². The van der Waals surface area contributed by atoms with Crippen LogP contribution in [0.2, 0.25) is 10.0 Å². The minimum atomic E-state index is -0.467. The molecule has 3 aliphatic heterocycles. The van der Waals surface area contributed by atoms with Gasteiger partial charge in [0.25, 0.3) is 0 Å². The highest BCUT2D eigenvalue weighted by molar-refractivity contribution is 6.43. The first-order valence-corrected chi connectivity index (χ1v) is 19.9. The molecular weight excluding hydrogens is 710 g/mol. The molecule has 0 spiro atoms.